The van der Waals surface area contributed by atoms with Crippen LogP contribution in [0.4, 0.5) is 4.79 Å². The minimum Gasteiger partial charge on any atom is -0.445 e. The summed E-state index contributed by atoms with van der Waals surface area (Å²) < 4.78 is 5.51. The predicted octanol–water partition coefficient (Wildman–Crippen LogP) is 4.78. The number of thiophene rings is 1. The highest BCUT2D eigenvalue weighted by molar-refractivity contribution is 7.10. The minimum atomic E-state index is -1.92. The van der Waals surface area contributed by atoms with E-state index in [4.69, 9.17) is 4.74 Å². The van der Waals surface area contributed by atoms with Gasteiger partial charge < -0.3 is 24.7 Å². The number of nitrogens with zero attached hydrogens (tertiary/aromatic N) is 2. The number of piperazine rings is 1. The molecule has 2 N–H and O–H groups in total. The van der Waals surface area contributed by atoms with Crippen molar-refractivity contribution in [3.05, 3.63) is 130 Å². The number of carbonyl (C=O) groups is 3. The Labute approximate surface area is 261 Å². The van der Waals surface area contributed by atoms with E-state index in [1.165, 1.54) is 20.2 Å². The molecule has 2 heterocycles. The first-order chi connectivity index (χ1) is 21.4. The minimum absolute atomic E-state index is 0.00381. The highest BCUT2D eigenvalue weighted by Crippen LogP contribution is 2.27. The van der Waals surface area contributed by atoms with Crippen LogP contribution in [-0.2, 0) is 33.8 Å². The molecule has 1 saturated heterocycles. The zero-order valence-corrected chi connectivity index (χ0v) is 25.1. The third-order valence-corrected chi connectivity index (χ3v) is 8.77. The average Bonchev–Trinajstić information content (AvgIpc) is 3.53. The maximum absolute atomic E-state index is 13.5. The smallest absolute Gasteiger partial charge is 0.410 e. The summed E-state index contributed by atoms with van der Waals surface area (Å²) in [5, 5.41) is 23.6. The normalized spacial score (nSPS) is 16.3. The Balaban J connectivity index is 1.18. The number of aliphatic hydroxyl groups is 2. The van der Waals surface area contributed by atoms with Gasteiger partial charge >= 0.3 is 6.09 Å². The SMILES string of the molecule is O=C(CCc1csc(Cc2ccccc2)c1)[C@H](O)[C@@H](O)C(=O)N1CCN(C(=O)OCc2ccccc2)C[C@@H]1c1ccccc1. The van der Waals surface area contributed by atoms with Gasteiger partial charge in [-0.25, -0.2) is 4.79 Å². The largest absolute Gasteiger partial charge is 0.445 e. The monoisotopic (exact) mass is 612 g/mol. The summed E-state index contributed by atoms with van der Waals surface area (Å²) in [5.41, 5.74) is 3.80. The van der Waals surface area contributed by atoms with Crippen molar-refractivity contribution in [3.8, 4) is 0 Å². The van der Waals surface area contributed by atoms with Gasteiger partial charge in [-0.3, -0.25) is 9.59 Å². The van der Waals surface area contributed by atoms with Crippen molar-refractivity contribution >= 4 is 29.1 Å². The van der Waals surface area contributed by atoms with Crippen molar-refractivity contribution in [1.82, 2.24) is 9.80 Å². The summed E-state index contributed by atoms with van der Waals surface area (Å²) in [6, 6.07) is 30.1. The van der Waals surface area contributed by atoms with Gasteiger partial charge in [-0.15, -0.1) is 11.3 Å². The van der Waals surface area contributed by atoms with Gasteiger partial charge in [-0.05, 0) is 40.1 Å². The molecular formula is C35H36N2O6S. The summed E-state index contributed by atoms with van der Waals surface area (Å²) in [7, 11) is 0. The van der Waals surface area contributed by atoms with Gasteiger partial charge in [0.1, 0.15) is 12.7 Å². The molecule has 8 nitrogen and oxygen atoms in total. The van der Waals surface area contributed by atoms with Crippen molar-refractivity contribution in [2.45, 2.75) is 44.1 Å². The van der Waals surface area contributed by atoms with Crippen LogP contribution in [0.2, 0.25) is 0 Å². The molecule has 0 aliphatic carbocycles. The molecule has 3 atom stereocenters. The van der Waals surface area contributed by atoms with Crippen molar-refractivity contribution in [2.24, 2.45) is 0 Å². The zero-order chi connectivity index (χ0) is 30.9. The van der Waals surface area contributed by atoms with E-state index >= 15 is 0 Å². The van der Waals surface area contributed by atoms with Gasteiger partial charge in [0.15, 0.2) is 11.9 Å². The van der Waals surface area contributed by atoms with Crippen molar-refractivity contribution < 1.29 is 29.3 Å². The number of hydrogen-bond acceptors (Lipinski definition) is 7. The average molecular weight is 613 g/mol. The quantitative estimate of drug-likeness (QED) is 0.252. The Morgan fingerprint density at radius 3 is 2.14 bits per heavy atom. The van der Waals surface area contributed by atoms with E-state index in [1.807, 2.05) is 90.3 Å². The molecule has 1 aromatic heterocycles. The first-order valence-electron chi connectivity index (χ1n) is 14.7. The van der Waals surface area contributed by atoms with Gasteiger partial charge in [-0.2, -0.15) is 0 Å². The van der Waals surface area contributed by atoms with Crippen LogP contribution in [0.25, 0.3) is 0 Å². The number of aryl methyl sites for hydroxylation is 1. The summed E-state index contributed by atoms with van der Waals surface area (Å²) >= 11 is 1.62. The van der Waals surface area contributed by atoms with Crippen LogP contribution in [0, 0.1) is 0 Å². The molecule has 0 bridgehead atoms. The Morgan fingerprint density at radius 1 is 0.818 bits per heavy atom. The van der Waals surface area contributed by atoms with Crippen molar-refractivity contribution in [2.75, 3.05) is 19.6 Å². The Hall–Kier alpha value is -4.31. The van der Waals surface area contributed by atoms with E-state index in [-0.39, 0.29) is 32.7 Å². The van der Waals surface area contributed by atoms with Crippen LogP contribution >= 0.6 is 11.3 Å². The lowest BCUT2D eigenvalue weighted by Gasteiger charge is -2.42. The second-order valence-electron chi connectivity index (χ2n) is 10.9. The van der Waals surface area contributed by atoms with Crippen molar-refractivity contribution in [1.29, 1.82) is 0 Å². The summed E-state index contributed by atoms with van der Waals surface area (Å²) in [5.74, 6) is -1.35. The van der Waals surface area contributed by atoms with Crippen LogP contribution in [0.1, 0.15) is 39.6 Å². The molecule has 0 saturated carbocycles. The van der Waals surface area contributed by atoms with Gasteiger partial charge in [-0.1, -0.05) is 91.0 Å². The third-order valence-electron chi connectivity index (χ3n) is 7.78. The van der Waals surface area contributed by atoms with Crippen LogP contribution in [0.3, 0.4) is 0 Å². The van der Waals surface area contributed by atoms with Crippen LogP contribution in [-0.4, -0.2) is 69.6 Å². The number of ether oxygens (including phenoxy) is 1. The first kappa shape index (κ1) is 31.1. The molecule has 1 aliphatic heterocycles. The van der Waals surface area contributed by atoms with Gasteiger partial charge in [0, 0.05) is 37.4 Å². The molecule has 0 radical (unpaired) electrons. The second kappa shape index (κ2) is 14.9. The second-order valence-corrected chi connectivity index (χ2v) is 11.9. The van der Waals surface area contributed by atoms with E-state index in [9.17, 15) is 24.6 Å². The lowest BCUT2D eigenvalue weighted by atomic mass is 9.98. The molecular weight excluding hydrogens is 576 g/mol. The highest BCUT2D eigenvalue weighted by atomic mass is 32.1. The number of Topliss-reactive ketones (excluding diaryl/α,β-unsaturated/α-hetero) is 1. The van der Waals surface area contributed by atoms with Crippen LogP contribution in [0.15, 0.2) is 102 Å². The fourth-order valence-electron chi connectivity index (χ4n) is 5.33. The molecule has 0 unspecified atom stereocenters. The molecule has 5 rings (SSSR count). The van der Waals surface area contributed by atoms with Crippen LogP contribution in [0.5, 0.6) is 0 Å². The number of hydrogen-bond donors (Lipinski definition) is 2. The van der Waals surface area contributed by atoms with E-state index in [0.29, 0.717) is 6.42 Å². The lowest BCUT2D eigenvalue weighted by Crippen LogP contribution is -2.56. The zero-order valence-electron chi connectivity index (χ0n) is 24.3. The molecule has 1 fully saturated rings. The van der Waals surface area contributed by atoms with E-state index in [1.54, 1.807) is 11.3 Å². The summed E-state index contributed by atoms with van der Waals surface area (Å²) in [6.07, 6.45) is -3.07. The molecule has 228 valence electrons. The topological polar surface area (TPSA) is 107 Å². The maximum atomic E-state index is 13.5. The van der Waals surface area contributed by atoms with E-state index in [0.717, 1.165) is 23.1 Å². The van der Waals surface area contributed by atoms with Gasteiger partial charge in [0.2, 0.25) is 0 Å². The van der Waals surface area contributed by atoms with Crippen LogP contribution < -0.4 is 0 Å². The Bertz CT molecular complexity index is 1530. The maximum Gasteiger partial charge on any atom is 0.410 e. The highest BCUT2D eigenvalue weighted by Gasteiger charge is 2.40. The lowest BCUT2D eigenvalue weighted by molar-refractivity contribution is -0.156. The molecule has 4 aromatic rings. The fourth-order valence-corrected chi connectivity index (χ4v) is 6.29. The molecule has 3 aromatic carbocycles. The first-order valence-corrected chi connectivity index (χ1v) is 15.6. The fraction of sp³-hybridized carbons (Fsp3) is 0.286. The number of benzene rings is 3. The molecule has 9 heteroatoms. The molecule has 2 amide bonds. The van der Waals surface area contributed by atoms with Gasteiger partial charge in [0.05, 0.1) is 6.04 Å². The number of amides is 2. The van der Waals surface area contributed by atoms with Crippen molar-refractivity contribution in [3.63, 3.8) is 0 Å². The Kier molecular flexibility index (Phi) is 10.6. The third kappa shape index (κ3) is 7.99. The number of rotatable bonds is 11. The van der Waals surface area contributed by atoms with E-state index < -0.39 is 36.0 Å². The standard InChI is InChI=1S/C35H36N2O6S/c38-31(17-16-27-21-29(44-24-27)20-25-10-4-1-5-11-25)32(39)33(40)34(41)37-19-18-36(22-30(37)28-14-8-3-9-15-28)35(42)43-23-26-12-6-2-7-13-26/h1-15,21,24,30,32-33,39-40H,16-20,22-23H2/t30-,32+,33-/m1/s1. The number of aliphatic hydroxyl groups excluding tert-OH is 2. The predicted molar refractivity (Wildman–Crippen MR) is 168 cm³/mol. The van der Waals surface area contributed by atoms with Gasteiger partial charge in [0.25, 0.3) is 5.91 Å². The molecule has 1 aliphatic rings. The number of ketones is 1. The summed E-state index contributed by atoms with van der Waals surface area (Å²) in [6.45, 7) is 0.560. The van der Waals surface area contributed by atoms with E-state index in [2.05, 4.69) is 12.1 Å². The molecule has 44 heavy (non-hydrogen) atoms. The number of carbonyl (C=O) groups excluding carboxylic acids is 3. The summed E-state index contributed by atoms with van der Waals surface area (Å²) in [4.78, 5) is 43.4. The Morgan fingerprint density at radius 2 is 1.45 bits per heavy atom. The molecule has 0 spiro atoms.